The number of benzene rings is 2. The molecule has 5 nitrogen and oxygen atoms in total. The van der Waals surface area contributed by atoms with Crippen molar-refractivity contribution in [1.82, 2.24) is 4.98 Å². The largest absolute Gasteiger partial charge is 0.456 e. The van der Waals surface area contributed by atoms with Crippen LogP contribution in [-0.4, -0.2) is 10.9 Å². The fourth-order valence-electron chi connectivity index (χ4n) is 2.47. The van der Waals surface area contributed by atoms with Crippen LogP contribution < -0.4 is 15.6 Å². The van der Waals surface area contributed by atoms with Crippen molar-refractivity contribution in [2.45, 2.75) is 13.8 Å². The molecule has 0 aliphatic heterocycles. The summed E-state index contributed by atoms with van der Waals surface area (Å²) >= 11 is 0. The lowest BCUT2D eigenvalue weighted by atomic mass is 10.1. The molecule has 1 amide bonds. The van der Waals surface area contributed by atoms with Crippen LogP contribution in [0.1, 0.15) is 21.5 Å². The van der Waals surface area contributed by atoms with Crippen LogP contribution in [0.15, 0.2) is 59.5 Å². The van der Waals surface area contributed by atoms with Crippen LogP contribution in [0.3, 0.4) is 0 Å². The smallest absolute Gasteiger partial charge is 0.259 e. The Hall–Kier alpha value is -3.41. The number of nitrogens with one attached hydrogen (secondary N) is 2. The molecule has 0 aliphatic carbocycles. The lowest BCUT2D eigenvalue weighted by Crippen LogP contribution is -2.15. The van der Waals surface area contributed by atoms with Crippen molar-refractivity contribution in [3.05, 3.63) is 87.6 Å². The lowest BCUT2D eigenvalue weighted by molar-refractivity contribution is 0.102. The zero-order chi connectivity index (χ0) is 18.7. The average Bonchev–Trinajstić information content (AvgIpc) is 2.57. The van der Waals surface area contributed by atoms with Gasteiger partial charge in [-0.2, -0.15) is 0 Å². The maximum atomic E-state index is 13.3. The number of halogens is 1. The fourth-order valence-corrected chi connectivity index (χ4v) is 2.47. The summed E-state index contributed by atoms with van der Waals surface area (Å²) in [7, 11) is 0. The molecule has 1 heterocycles. The Morgan fingerprint density at radius 1 is 1.04 bits per heavy atom. The Bertz CT molecular complexity index is 1030. The van der Waals surface area contributed by atoms with Crippen molar-refractivity contribution in [2.75, 3.05) is 5.32 Å². The molecule has 0 saturated heterocycles. The third-order valence-corrected chi connectivity index (χ3v) is 3.77. The Morgan fingerprint density at radius 2 is 1.85 bits per heavy atom. The maximum absolute atomic E-state index is 13.3. The number of H-pyrrole nitrogens is 1. The van der Waals surface area contributed by atoms with Crippen molar-refractivity contribution in [1.29, 1.82) is 0 Å². The molecule has 3 aromatic rings. The van der Waals surface area contributed by atoms with Crippen molar-refractivity contribution in [3.8, 4) is 11.5 Å². The van der Waals surface area contributed by atoms with Crippen LogP contribution in [0.25, 0.3) is 0 Å². The van der Waals surface area contributed by atoms with Crippen LogP contribution in [0.5, 0.6) is 11.5 Å². The summed E-state index contributed by atoms with van der Waals surface area (Å²) in [5.74, 6) is 0.0426. The molecule has 0 fully saturated rings. The van der Waals surface area contributed by atoms with Crippen molar-refractivity contribution >= 4 is 11.6 Å². The van der Waals surface area contributed by atoms with E-state index >= 15 is 0 Å². The summed E-state index contributed by atoms with van der Waals surface area (Å²) in [6, 6.07) is 12.2. The number of pyridine rings is 1. The van der Waals surface area contributed by atoms with E-state index in [9.17, 15) is 14.0 Å². The number of anilines is 1. The highest BCUT2D eigenvalue weighted by Crippen LogP contribution is 2.29. The van der Waals surface area contributed by atoms with Crippen LogP contribution in [0.4, 0.5) is 10.1 Å². The first-order chi connectivity index (χ1) is 12.4. The van der Waals surface area contributed by atoms with E-state index in [1.165, 1.54) is 30.5 Å². The quantitative estimate of drug-likeness (QED) is 0.740. The Morgan fingerprint density at radius 3 is 2.58 bits per heavy atom. The number of hydrogen-bond acceptors (Lipinski definition) is 3. The Balaban J connectivity index is 1.92. The molecular weight excluding hydrogens is 335 g/mol. The van der Waals surface area contributed by atoms with Crippen LogP contribution in [-0.2, 0) is 0 Å². The average molecular weight is 352 g/mol. The number of amides is 1. The van der Waals surface area contributed by atoms with E-state index in [1.807, 2.05) is 6.92 Å². The van der Waals surface area contributed by atoms with Crippen molar-refractivity contribution < 1.29 is 13.9 Å². The number of aromatic nitrogens is 1. The molecule has 2 aromatic carbocycles. The maximum Gasteiger partial charge on any atom is 0.259 e. The van der Waals surface area contributed by atoms with Crippen molar-refractivity contribution in [3.63, 3.8) is 0 Å². The summed E-state index contributed by atoms with van der Waals surface area (Å²) in [5.41, 5.74) is 1.90. The van der Waals surface area contributed by atoms with E-state index in [1.54, 1.807) is 31.2 Å². The van der Waals surface area contributed by atoms with Gasteiger partial charge < -0.3 is 15.0 Å². The van der Waals surface area contributed by atoms with Gasteiger partial charge in [-0.3, -0.25) is 9.59 Å². The number of carbonyl (C=O) groups is 1. The van der Waals surface area contributed by atoms with Gasteiger partial charge in [-0.15, -0.1) is 0 Å². The minimum Gasteiger partial charge on any atom is -0.456 e. The molecule has 0 aliphatic rings. The second-order valence-electron chi connectivity index (χ2n) is 5.91. The van der Waals surface area contributed by atoms with Gasteiger partial charge in [0.05, 0.1) is 5.56 Å². The molecule has 0 bridgehead atoms. The zero-order valence-corrected chi connectivity index (χ0v) is 14.3. The van der Waals surface area contributed by atoms with E-state index in [2.05, 4.69) is 10.3 Å². The van der Waals surface area contributed by atoms with E-state index in [0.29, 0.717) is 28.3 Å². The van der Waals surface area contributed by atoms with E-state index in [-0.39, 0.29) is 11.4 Å². The molecule has 132 valence electrons. The van der Waals surface area contributed by atoms with E-state index in [4.69, 9.17) is 4.74 Å². The molecule has 26 heavy (non-hydrogen) atoms. The number of hydrogen-bond donors (Lipinski definition) is 2. The molecule has 0 spiro atoms. The highest BCUT2D eigenvalue weighted by atomic mass is 19.1. The molecule has 6 heteroatoms. The van der Waals surface area contributed by atoms with Gasteiger partial charge in [0.15, 0.2) is 0 Å². The minimum atomic E-state index is -0.412. The van der Waals surface area contributed by atoms with Gasteiger partial charge in [0, 0.05) is 18.0 Å². The van der Waals surface area contributed by atoms with Gasteiger partial charge in [-0.1, -0.05) is 6.07 Å². The van der Waals surface area contributed by atoms with Crippen LogP contribution in [0.2, 0.25) is 0 Å². The summed E-state index contributed by atoms with van der Waals surface area (Å²) in [6.07, 6.45) is 1.45. The third-order valence-electron chi connectivity index (χ3n) is 3.77. The minimum absolute atomic E-state index is 0.305. The number of ether oxygens (including phenoxy) is 1. The number of rotatable bonds is 4. The van der Waals surface area contributed by atoms with Gasteiger partial charge in [-0.05, 0) is 61.4 Å². The molecule has 2 N–H and O–H groups in total. The number of carbonyl (C=O) groups excluding carboxylic acids is 1. The first-order valence-corrected chi connectivity index (χ1v) is 7.97. The van der Waals surface area contributed by atoms with E-state index < -0.39 is 5.91 Å². The van der Waals surface area contributed by atoms with Gasteiger partial charge in [-0.25, -0.2) is 4.39 Å². The lowest BCUT2D eigenvalue weighted by Gasteiger charge is -2.14. The molecule has 0 unspecified atom stereocenters. The molecule has 0 radical (unpaired) electrons. The molecule has 3 rings (SSSR count). The Kier molecular flexibility index (Phi) is 4.84. The highest BCUT2D eigenvalue weighted by molar-refractivity contribution is 6.06. The summed E-state index contributed by atoms with van der Waals surface area (Å²) < 4.78 is 19.1. The number of aromatic amines is 1. The van der Waals surface area contributed by atoms with Gasteiger partial charge in [0.25, 0.3) is 5.91 Å². The summed E-state index contributed by atoms with van der Waals surface area (Å²) in [4.78, 5) is 26.5. The molecule has 0 saturated carbocycles. The standard InChI is InChI=1S/C20H17FN2O3/c1-12-3-5-16(20(25)23-15-7-8-22-19(24)11-15)18(9-12)26-17-6-4-14(21)10-13(17)2/h3-11H,1-2H3,(H2,22,23,24,25). The molecular formula is C20H17FN2O3. The third kappa shape index (κ3) is 3.97. The second kappa shape index (κ2) is 7.23. The first-order valence-electron chi connectivity index (χ1n) is 7.97. The fraction of sp³-hybridized carbons (Fsp3) is 0.100. The van der Waals surface area contributed by atoms with Crippen LogP contribution in [0, 0.1) is 19.7 Å². The van der Waals surface area contributed by atoms with Gasteiger partial charge >= 0.3 is 0 Å². The molecule has 0 atom stereocenters. The Labute approximate surface area is 149 Å². The number of aryl methyl sites for hydroxylation is 2. The molecule has 1 aromatic heterocycles. The topological polar surface area (TPSA) is 71.2 Å². The second-order valence-corrected chi connectivity index (χ2v) is 5.91. The predicted molar refractivity (Wildman–Crippen MR) is 97.4 cm³/mol. The normalized spacial score (nSPS) is 10.4. The summed E-state index contributed by atoms with van der Waals surface area (Å²) in [6.45, 7) is 3.60. The zero-order valence-electron chi connectivity index (χ0n) is 14.3. The monoisotopic (exact) mass is 352 g/mol. The van der Waals surface area contributed by atoms with Crippen molar-refractivity contribution in [2.24, 2.45) is 0 Å². The highest BCUT2D eigenvalue weighted by Gasteiger charge is 2.15. The first kappa shape index (κ1) is 17.4. The van der Waals surface area contributed by atoms with Crippen LogP contribution >= 0.6 is 0 Å². The van der Waals surface area contributed by atoms with Gasteiger partial charge in [0.2, 0.25) is 5.56 Å². The SMILES string of the molecule is Cc1ccc(C(=O)Nc2cc[nH]c(=O)c2)c(Oc2ccc(F)cc2C)c1. The van der Waals surface area contributed by atoms with E-state index in [0.717, 1.165) is 5.56 Å². The van der Waals surface area contributed by atoms with Gasteiger partial charge in [0.1, 0.15) is 17.3 Å². The summed E-state index contributed by atoms with van der Waals surface area (Å²) in [5, 5.41) is 2.67. The predicted octanol–water partition coefficient (Wildman–Crippen LogP) is 4.18.